The molecule has 0 saturated carbocycles. The highest BCUT2D eigenvalue weighted by Gasteiger charge is 2.43. The normalized spacial score (nSPS) is 20.6. The van der Waals surface area contributed by atoms with Gasteiger partial charge in [0.05, 0.1) is 0 Å². The number of halogens is 4. The van der Waals surface area contributed by atoms with Crippen molar-refractivity contribution in [1.82, 2.24) is 9.91 Å². The van der Waals surface area contributed by atoms with Gasteiger partial charge in [0.1, 0.15) is 0 Å². The lowest BCUT2D eigenvalue weighted by Crippen LogP contribution is -2.34. The van der Waals surface area contributed by atoms with E-state index in [4.69, 9.17) is 0 Å². The highest BCUT2D eigenvalue weighted by atomic mass is 19.4. The molecule has 0 aromatic carbocycles. The van der Waals surface area contributed by atoms with Crippen molar-refractivity contribution in [3.05, 3.63) is 6.67 Å². The zero-order chi connectivity index (χ0) is 10.2. The molecule has 3 nitrogen and oxygen atoms in total. The van der Waals surface area contributed by atoms with Crippen LogP contribution in [0.15, 0.2) is 5.10 Å². The molecule has 1 heterocycles. The maximum Gasteiger partial charge on any atom is 0.451 e. The second-order valence-electron chi connectivity index (χ2n) is 2.60. The average Bonchev–Trinajstić information content (AvgIpc) is 2.29. The summed E-state index contributed by atoms with van der Waals surface area (Å²) in [4.78, 5) is 0.732. The van der Waals surface area contributed by atoms with E-state index in [9.17, 15) is 17.6 Å². The first-order valence-electron chi connectivity index (χ1n) is 3.48. The maximum atomic E-state index is 12.5. The summed E-state index contributed by atoms with van der Waals surface area (Å²) >= 11 is 0. The second-order valence-corrected chi connectivity index (χ2v) is 2.60. The van der Waals surface area contributed by atoms with Crippen molar-refractivity contribution < 1.29 is 17.6 Å². The van der Waals surface area contributed by atoms with Gasteiger partial charge >= 0.3 is 6.18 Å². The van der Waals surface area contributed by atoms with E-state index in [1.54, 1.807) is 0 Å². The monoisotopic (exact) mass is 198 g/mol. The van der Waals surface area contributed by atoms with Gasteiger partial charge in [-0.3, -0.25) is 0 Å². The number of hydrazone groups is 1. The molecule has 1 atom stereocenters. The molecule has 0 aliphatic carbocycles. The van der Waals surface area contributed by atoms with Crippen molar-refractivity contribution in [2.45, 2.75) is 19.4 Å². The zero-order valence-corrected chi connectivity index (χ0v) is 7.01. The minimum atomic E-state index is -4.55. The molecule has 0 bridgehead atoms. The summed E-state index contributed by atoms with van der Waals surface area (Å²) < 4.78 is 48.9. The summed E-state index contributed by atoms with van der Waals surface area (Å²) in [6.45, 7) is 2.06. The van der Waals surface area contributed by atoms with Crippen molar-refractivity contribution >= 4 is 5.84 Å². The Bertz CT molecular complexity index is 222. The highest BCUT2D eigenvalue weighted by Crippen LogP contribution is 2.26. The highest BCUT2D eigenvalue weighted by molar-refractivity contribution is 5.88. The summed E-state index contributed by atoms with van der Waals surface area (Å²) in [5.74, 6) is -1.11. The van der Waals surface area contributed by atoms with Gasteiger partial charge in [0.2, 0.25) is 5.84 Å². The van der Waals surface area contributed by atoms with E-state index in [0.29, 0.717) is 5.01 Å². The number of alkyl halides is 4. The van der Waals surface area contributed by atoms with Crippen LogP contribution < -0.4 is 0 Å². The summed E-state index contributed by atoms with van der Waals surface area (Å²) in [6, 6.07) is 0. The average molecular weight is 198 g/mol. The Labute approximate surface area is 72.6 Å². The third kappa shape index (κ3) is 2.02. The molecule has 7 heteroatoms. The predicted molar refractivity (Wildman–Crippen MR) is 38.0 cm³/mol. The molecular formula is C6H8F4N3. The van der Waals surface area contributed by atoms with E-state index in [1.165, 1.54) is 0 Å². The molecule has 13 heavy (non-hydrogen) atoms. The van der Waals surface area contributed by atoms with Crippen LogP contribution in [0.3, 0.4) is 0 Å². The maximum absolute atomic E-state index is 12.5. The minimum Gasteiger partial charge on any atom is -0.329 e. The third-order valence-corrected chi connectivity index (χ3v) is 1.45. The molecule has 0 N–H and O–H groups in total. The van der Waals surface area contributed by atoms with Crippen LogP contribution in [-0.2, 0) is 0 Å². The van der Waals surface area contributed by atoms with Crippen molar-refractivity contribution in [3.63, 3.8) is 0 Å². The Morgan fingerprint density at radius 2 is 2.00 bits per heavy atom. The molecule has 0 amide bonds. The van der Waals surface area contributed by atoms with E-state index in [-0.39, 0.29) is 0 Å². The fourth-order valence-electron chi connectivity index (χ4n) is 0.866. The first-order valence-corrected chi connectivity index (χ1v) is 3.48. The number of rotatable bonds is 1. The Hall–Kier alpha value is -1.01. The van der Waals surface area contributed by atoms with Crippen molar-refractivity contribution in [2.75, 3.05) is 7.05 Å². The summed E-state index contributed by atoms with van der Waals surface area (Å²) in [5, 5.41) is 3.67. The van der Waals surface area contributed by atoms with Crippen LogP contribution in [0.25, 0.3) is 0 Å². The first-order chi connectivity index (χ1) is 5.82. The molecule has 1 aliphatic heterocycles. The van der Waals surface area contributed by atoms with Crippen molar-refractivity contribution in [1.29, 1.82) is 0 Å². The van der Waals surface area contributed by atoms with Gasteiger partial charge in [-0.1, -0.05) is 0 Å². The molecule has 1 aliphatic rings. The number of nitrogens with zero attached hydrogens (tertiary/aromatic N) is 3. The standard InChI is InChI=1S/C6H8F4N3/c1-4(7)13-3-12(2)5(11-13)6(8,9)10/h3-4H,1-2H3. The minimum absolute atomic E-state index is 0.614. The van der Waals surface area contributed by atoms with Crippen LogP contribution in [0, 0.1) is 6.67 Å². The molecule has 0 spiro atoms. The Morgan fingerprint density at radius 1 is 1.46 bits per heavy atom. The summed E-state index contributed by atoms with van der Waals surface area (Å²) in [6.07, 6.45) is -6.11. The van der Waals surface area contributed by atoms with E-state index >= 15 is 0 Å². The molecule has 0 fully saturated rings. The van der Waals surface area contributed by atoms with Gasteiger partial charge in [0.25, 0.3) is 0 Å². The fraction of sp³-hybridized carbons (Fsp3) is 0.667. The van der Waals surface area contributed by atoms with E-state index < -0.39 is 18.3 Å². The number of hydrogen-bond donors (Lipinski definition) is 0. The molecular weight excluding hydrogens is 190 g/mol. The van der Waals surface area contributed by atoms with Gasteiger partial charge in [-0.05, 0) is 6.92 Å². The largest absolute Gasteiger partial charge is 0.451 e. The SMILES string of the molecule is CC(F)N1[CH]N(C)C(C(F)(F)F)=N1. The van der Waals surface area contributed by atoms with Crippen LogP contribution in [0.1, 0.15) is 6.92 Å². The van der Waals surface area contributed by atoms with Crippen molar-refractivity contribution in [3.8, 4) is 0 Å². The van der Waals surface area contributed by atoms with Crippen LogP contribution in [0.5, 0.6) is 0 Å². The molecule has 0 aromatic rings. The Morgan fingerprint density at radius 3 is 2.23 bits per heavy atom. The Balaban J connectivity index is 2.80. The quantitative estimate of drug-likeness (QED) is 0.470. The van der Waals surface area contributed by atoms with Gasteiger partial charge in [-0.25, -0.2) is 9.40 Å². The van der Waals surface area contributed by atoms with Crippen molar-refractivity contribution in [2.24, 2.45) is 5.10 Å². The van der Waals surface area contributed by atoms with Crippen LogP contribution in [0.4, 0.5) is 17.6 Å². The van der Waals surface area contributed by atoms with Gasteiger partial charge in [0.15, 0.2) is 13.0 Å². The lowest BCUT2D eigenvalue weighted by Gasteiger charge is -2.16. The molecule has 1 unspecified atom stereocenters. The van der Waals surface area contributed by atoms with E-state index in [2.05, 4.69) is 5.10 Å². The second kappa shape index (κ2) is 3.04. The van der Waals surface area contributed by atoms with Crippen LogP contribution in [-0.4, -0.2) is 35.3 Å². The Kier molecular flexibility index (Phi) is 2.36. The number of hydrogen-bond acceptors (Lipinski definition) is 3. The summed E-state index contributed by atoms with van der Waals surface area (Å²) in [7, 11) is 1.16. The third-order valence-electron chi connectivity index (χ3n) is 1.45. The lowest BCUT2D eigenvalue weighted by molar-refractivity contribution is -0.0657. The predicted octanol–water partition coefficient (Wildman–Crippen LogP) is 1.54. The molecule has 1 rings (SSSR count). The van der Waals surface area contributed by atoms with Gasteiger partial charge < -0.3 is 4.90 Å². The zero-order valence-electron chi connectivity index (χ0n) is 7.01. The van der Waals surface area contributed by atoms with Crippen LogP contribution >= 0.6 is 0 Å². The van der Waals surface area contributed by atoms with Gasteiger partial charge in [-0.2, -0.15) is 13.2 Å². The number of amidine groups is 1. The van der Waals surface area contributed by atoms with E-state index in [1.807, 2.05) is 0 Å². The van der Waals surface area contributed by atoms with E-state index in [0.717, 1.165) is 25.5 Å². The molecule has 75 valence electrons. The smallest absolute Gasteiger partial charge is 0.329 e. The first kappa shape index (κ1) is 10.1. The fourth-order valence-corrected chi connectivity index (χ4v) is 0.866. The van der Waals surface area contributed by atoms with Gasteiger partial charge in [0, 0.05) is 7.05 Å². The topological polar surface area (TPSA) is 18.8 Å². The molecule has 0 aromatic heterocycles. The lowest BCUT2D eigenvalue weighted by atomic mass is 10.5. The molecule has 0 saturated heterocycles. The molecule has 1 radical (unpaired) electrons. The van der Waals surface area contributed by atoms with Crippen LogP contribution in [0.2, 0.25) is 0 Å². The summed E-state index contributed by atoms with van der Waals surface area (Å²) in [5.41, 5.74) is 0. The van der Waals surface area contributed by atoms with Gasteiger partial charge in [-0.15, -0.1) is 5.10 Å².